The van der Waals surface area contributed by atoms with Gasteiger partial charge in [0.25, 0.3) is 0 Å². The van der Waals surface area contributed by atoms with Crippen molar-refractivity contribution in [3.8, 4) is 0 Å². The Morgan fingerprint density at radius 3 is 2.45 bits per heavy atom. The molecule has 0 unspecified atom stereocenters. The predicted octanol–water partition coefficient (Wildman–Crippen LogP) is 0.705. The van der Waals surface area contributed by atoms with Crippen molar-refractivity contribution < 1.29 is 8.42 Å². The van der Waals surface area contributed by atoms with E-state index in [1.54, 1.807) is 25.6 Å². The van der Waals surface area contributed by atoms with Gasteiger partial charge in [0.2, 0.25) is 10.0 Å². The fourth-order valence-electron chi connectivity index (χ4n) is 2.69. The van der Waals surface area contributed by atoms with E-state index in [0.717, 1.165) is 25.9 Å². The summed E-state index contributed by atoms with van der Waals surface area (Å²) in [4.78, 5) is 0.317. The first-order valence-corrected chi connectivity index (χ1v) is 8.44. The molecule has 7 heteroatoms. The first-order chi connectivity index (χ1) is 9.25. The average molecular weight is 300 g/mol. The third-order valence-electron chi connectivity index (χ3n) is 4.21. The molecule has 1 aromatic heterocycles. The topological polar surface area (TPSA) is 76.0 Å². The molecule has 6 nitrogen and oxygen atoms in total. The van der Waals surface area contributed by atoms with Crippen molar-refractivity contribution in [2.24, 2.45) is 12.5 Å². The van der Waals surface area contributed by atoms with Gasteiger partial charge in [-0.05, 0) is 45.2 Å². The summed E-state index contributed by atoms with van der Waals surface area (Å²) in [6.07, 6.45) is 1.97. The summed E-state index contributed by atoms with van der Waals surface area (Å²) in [7, 11) is -1.73. The van der Waals surface area contributed by atoms with E-state index in [-0.39, 0.29) is 5.41 Å². The van der Waals surface area contributed by atoms with E-state index >= 15 is 0 Å². The molecule has 0 atom stereocenters. The molecule has 1 fully saturated rings. The third kappa shape index (κ3) is 3.05. The zero-order valence-corrected chi connectivity index (χ0v) is 13.5. The molecule has 0 spiro atoms. The predicted molar refractivity (Wildman–Crippen MR) is 78.1 cm³/mol. The lowest BCUT2D eigenvalue weighted by atomic mass is 9.81. The molecule has 0 aromatic carbocycles. The van der Waals surface area contributed by atoms with E-state index in [9.17, 15) is 8.42 Å². The lowest BCUT2D eigenvalue weighted by Crippen LogP contribution is -2.43. The van der Waals surface area contributed by atoms with E-state index in [1.807, 2.05) is 0 Å². The van der Waals surface area contributed by atoms with Crippen LogP contribution in [0.15, 0.2) is 4.90 Å². The van der Waals surface area contributed by atoms with Gasteiger partial charge in [-0.3, -0.25) is 4.68 Å². The van der Waals surface area contributed by atoms with Crippen molar-refractivity contribution in [3.05, 3.63) is 11.4 Å². The van der Waals surface area contributed by atoms with Crippen LogP contribution in [-0.4, -0.2) is 37.8 Å². The number of rotatable bonds is 4. The minimum atomic E-state index is -3.49. The molecule has 1 aliphatic heterocycles. The van der Waals surface area contributed by atoms with E-state index in [2.05, 4.69) is 22.1 Å². The highest BCUT2D eigenvalue weighted by Gasteiger charge is 2.30. The molecular weight excluding hydrogens is 276 g/mol. The fourth-order valence-corrected chi connectivity index (χ4v) is 4.33. The molecule has 1 saturated heterocycles. The van der Waals surface area contributed by atoms with Crippen LogP contribution in [0.2, 0.25) is 0 Å². The van der Waals surface area contributed by atoms with Crippen molar-refractivity contribution in [2.45, 2.75) is 38.5 Å². The van der Waals surface area contributed by atoms with Crippen molar-refractivity contribution in [1.29, 1.82) is 0 Å². The van der Waals surface area contributed by atoms with Crippen LogP contribution in [0.25, 0.3) is 0 Å². The van der Waals surface area contributed by atoms with Crippen molar-refractivity contribution in [2.75, 3.05) is 19.6 Å². The quantitative estimate of drug-likeness (QED) is 0.858. The highest BCUT2D eigenvalue weighted by atomic mass is 32.2. The number of hydrogen-bond acceptors (Lipinski definition) is 4. The molecule has 0 bridgehead atoms. The molecule has 20 heavy (non-hydrogen) atoms. The molecule has 2 rings (SSSR count). The summed E-state index contributed by atoms with van der Waals surface area (Å²) in [5.41, 5.74) is 1.25. The van der Waals surface area contributed by atoms with Crippen LogP contribution in [0, 0.1) is 19.3 Å². The van der Waals surface area contributed by atoms with Crippen molar-refractivity contribution >= 4 is 10.0 Å². The summed E-state index contributed by atoms with van der Waals surface area (Å²) in [5, 5.41) is 7.48. The highest BCUT2D eigenvalue weighted by molar-refractivity contribution is 7.89. The first-order valence-electron chi connectivity index (χ1n) is 6.96. The number of aromatic nitrogens is 2. The number of nitrogens with zero attached hydrogens (tertiary/aromatic N) is 2. The monoisotopic (exact) mass is 300 g/mol. The first kappa shape index (κ1) is 15.5. The summed E-state index contributed by atoms with van der Waals surface area (Å²) >= 11 is 0. The van der Waals surface area contributed by atoms with Gasteiger partial charge in [0, 0.05) is 13.6 Å². The molecule has 0 amide bonds. The molecule has 0 radical (unpaired) electrons. The van der Waals surface area contributed by atoms with Gasteiger partial charge in [0.15, 0.2) is 0 Å². The summed E-state index contributed by atoms with van der Waals surface area (Å²) in [6, 6.07) is 0. The van der Waals surface area contributed by atoms with Crippen molar-refractivity contribution in [3.63, 3.8) is 0 Å². The molecule has 2 N–H and O–H groups in total. The van der Waals surface area contributed by atoms with Gasteiger partial charge in [0.05, 0.1) is 11.4 Å². The second-order valence-corrected chi connectivity index (χ2v) is 7.71. The highest BCUT2D eigenvalue weighted by Crippen LogP contribution is 2.28. The summed E-state index contributed by atoms with van der Waals surface area (Å²) < 4.78 is 29.4. The van der Waals surface area contributed by atoms with E-state index in [4.69, 9.17) is 0 Å². The SMILES string of the molecule is Cc1nn(C)c(C)c1S(=O)(=O)NCC1(C)CCNCC1. The van der Waals surface area contributed by atoms with Crippen LogP contribution in [0.5, 0.6) is 0 Å². The van der Waals surface area contributed by atoms with Crippen LogP contribution in [0.3, 0.4) is 0 Å². The number of sulfonamides is 1. The van der Waals surface area contributed by atoms with Gasteiger partial charge < -0.3 is 5.32 Å². The summed E-state index contributed by atoms with van der Waals surface area (Å²) in [6.45, 7) is 8.02. The molecule has 1 aromatic rings. The van der Waals surface area contributed by atoms with Crippen LogP contribution < -0.4 is 10.0 Å². The Bertz CT molecular complexity index is 586. The number of nitrogens with one attached hydrogen (secondary N) is 2. The van der Waals surface area contributed by atoms with Gasteiger partial charge in [-0.1, -0.05) is 6.92 Å². The Kier molecular flexibility index (Phi) is 4.22. The van der Waals surface area contributed by atoms with Gasteiger partial charge >= 0.3 is 0 Å². The maximum atomic E-state index is 12.5. The molecule has 2 heterocycles. The van der Waals surface area contributed by atoms with E-state index in [0.29, 0.717) is 22.8 Å². The number of aryl methyl sites for hydroxylation is 2. The fraction of sp³-hybridized carbons (Fsp3) is 0.769. The number of piperidine rings is 1. The lowest BCUT2D eigenvalue weighted by molar-refractivity contribution is 0.232. The molecule has 1 aliphatic rings. The Morgan fingerprint density at radius 1 is 1.35 bits per heavy atom. The number of hydrogen-bond donors (Lipinski definition) is 2. The largest absolute Gasteiger partial charge is 0.317 e. The zero-order chi connectivity index (χ0) is 15.0. The zero-order valence-electron chi connectivity index (χ0n) is 12.7. The minimum Gasteiger partial charge on any atom is -0.317 e. The second-order valence-electron chi connectivity index (χ2n) is 6.01. The maximum absolute atomic E-state index is 12.5. The van der Waals surface area contributed by atoms with Crippen molar-refractivity contribution in [1.82, 2.24) is 19.8 Å². The van der Waals surface area contributed by atoms with E-state index < -0.39 is 10.0 Å². The Labute approximate surface area is 121 Å². The lowest BCUT2D eigenvalue weighted by Gasteiger charge is -2.34. The summed E-state index contributed by atoms with van der Waals surface area (Å²) in [5.74, 6) is 0. The van der Waals surface area contributed by atoms with Gasteiger partial charge in [0.1, 0.15) is 4.90 Å². The Morgan fingerprint density at radius 2 is 1.95 bits per heavy atom. The molecule has 114 valence electrons. The maximum Gasteiger partial charge on any atom is 0.244 e. The third-order valence-corrected chi connectivity index (χ3v) is 5.86. The Hall–Kier alpha value is -0.920. The van der Waals surface area contributed by atoms with E-state index in [1.165, 1.54) is 0 Å². The van der Waals surface area contributed by atoms with Gasteiger partial charge in [-0.15, -0.1) is 0 Å². The standard InChI is InChI=1S/C13H24N4O2S/c1-10-12(11(2)17(4)16-10)20(18,19)15-9-13(3)5-7-14-8-6-13/h14-15H,5-9H2,1-4H3. The molecular formula is C13H24N4O2S. The molecule has 0 saturated carbocycles. The average Bonchev–Trinajstić information content (AvgIpc) is 2.63. The molecule has 0 aliphatic carbocycles. The van der Waals surface area contributed by atoms with Crippen LogP contribution in [0.4, 0.5) is 0 Å². The van der Waals surface area contributed by atoms with Gasteiger partial charge in [-0.25, -0.2) is 13.1 Å². The minimum absolute atomic E-state index is 0.0301. The second kappa shape index (κ2) is 5.46. The van der Waals surface area contributed by atoms with Crippen LogP contribution in [0.1, 0.15) is 31.2 Å². The smallest absolute Gasteiger partial charge is 0.244 e. The van der Waals surface area contributed by atoms with Crippen LogP contribution >= 0.6 is 0 Å². The normalized spacial score (nSPS) is 19.2. The van der Waals surface area contributed by atoms with Gasteiger partial charge in [-0.2, -0.15) is 5.10 Å². The Balaban J connectivity index is 2.15. The van der Waals surface area contributed by atoms with Crippen LogP contribution in [-0.2, 0) is 17.1 Å².